The molecule has 0 heterocycles. The second-order valence-corrected chi connectivity index (χ2v) is 7.01. The van der Waals surface area contributed by atoms with Crippen LogP contribution in [0.2, 0.25) is 0 Å². The van der Waals surface area contributed by atoms with Crippen LogP contribution in [0.15, 0.2) is 78.9 Å². The summed E-state index contributed by atoms with van der Waals surface area (Å²) in [6.45, 7) is 7.22. The molecule has 3 heteroatoms. The third-order valence-electron chi connectivity index (χ3n) is 4.97. The molecular weight excluding hydrogens is 358 g/mol. The summed E-state index contributed by atoms with van der Waals surface area (Å²) in [4.78, 5) is 0. The molecular formula is C26H31NO2. The molecule has 3 nitrogen and oxygen atoms in total. The Morgan fingerprint density at radius 3 is 1.69 bits per heavy atom. The zero-order valence-electron chi connectivity index (χ0n) is 17.4. The van der Waals surface area contributed by atoms with Gasteiger partial charge in [0, 0.05) is 12.5 Å². The highest BCUT2D eigenvalue weighted by atomic mass is 16.5. The van der Waals surface area contributed by atoms with E-state index in [0.29, 0.717) is 19.1 Å². The Morgan fingerprint density at radius 2 is 1.21 bits per heavy atom. The van der Waals surface area contributed by atoms with Gasteiger partial charge in [0.25, 0.3) is 0 Å². The van der Waals surface area contributed by atoms with E-state index in [2.05, 4.69) is 84.2 Å². The molecule has 29 heavy (non-hydrogen) atoms. The molecule has 0 aliphatic carbocycles. The van der Waals surface area contributed by atoms with Gasteiger partial charge in [-0.25, -0.2) is 0 Å². The van der Waals surface area contributed by atoms with Crippen molar-refractivity contribution in [1.82, 2.24) is 5.32 Å². The Hall–Kier alpha value is -2.78. The van der Waals surface area contributed by atoms with Crippen LogP contribution >= 0.6 is 0 Å². The summed E-state index contributed by atoms with van der Waals surface area (Å²) < 4.78 is 11.2. The van der Waals surface area contributed by atoms with E-state index in [4.69, 9.17) is 9.47 Å². The predicted octanol–water partition coefficient (Wildman–Crippen LogP) is 5.80. The third-order valence-corrected chi connectivity index (χ3v) is 4.97. The van der Waals surface area contributed by atoms with E-state index in [9.17, 15) is 0 Å². The third kappa shape index (κ3) is 6.37. The number of hydrogen-bond acceptors (Lipinski definition) is 3. The monoisotopic (exact) mass is 389 g/mol. The molecule has 0 fully saturated rings. The van der Waals surface area contributed by atoms with E-state index in [1.165, 1.54) is 16.7 Å². The first-order valence-electron chi connectivity index (χ1n) is 10.5. The molecule has 0 saturated carbocycles. The highest BCUT2D eigenvalue weighted by molar-refractivity contribution is 5.38. The van der Waals surface area contributed by atoms with Crippen LogP contribution in [-0.2, 0) is 6.54 Å². The molecule has 152 valence electrons. The van der Waals surface area contributed by atoms with E-state index >= 15 is 0 Å². The number of nitrogens with one attached hydrogen (secondary N) is 1. The summed E-state index contributed by atoms with van der Waals surface area (Å²) in [6, 6.07) is 27.5. The lowest BCUT2D eigenvalue weighted by molar-refractivity contribution is 0.340. The zero-order valence-corrected chi connectivity index (χ0v) is 17.4. The van der Waals surface area contributed by atoms with Gasteiger partial charge in [0.2, 0.25) is 0 Å². The van der Waals surface area contributed by atoms with Crippen molar-refractivity contribution in [3.63, 3.8) is 0 Å². The SMILES string of the molecule is CCOc1ccc(C(CCNCc2ccccc2)c2ccc(OCC)cc2)cc1. The lowest BCUT2D eigenvalue weighted by atomic mass is 9.88. The van der Waals surface area contributed by atoms with E-state index in [-0.39, 0.29) is 0 Å². The quantitative estimate of drug-likeness (QED) is 0.421. The lowest BCUT2D eigenvalue weighted by Crippen LogP contribution is -2.17. The molecule has 0 amide bonds. The second kappa shape index (κ2) is 11.3. The van der Waals surface area contributed by atoms with Crippen LogP contribution < -0.4 is 14.8 Å². The van der Waals surface area contributed by atoms with Crippen LogP contribution in [-0.4, -0.2) is 19.8 Å². The van der Waals surface area contributed by atoms with E-state index in [1.54, 1.807) is 0 Å². The maximum Gasteiger partial charge on any atom is 0.119 e. The summed E-state index contributed by atoms with van der Waals surface area (Å²) in [5.74, 6) is 2.16. The maximum atomic E-state index is 5.61. The average Bonchev–Trinajstić information content (AvgIpc) is 2.77. The Morgan fingerprint density at radius 1 is 0.690 bits per heavy atom. The van der Waals surface area contributed by atoms with Crippen molar-refractivity contribution in [3.8, 4) is 11.5 Å². The van der Waals surface area contributed by atoms with Gasteiger partial charge in [-0.05, 0) is 67.8 Å². The predicted molar refractivity (Wildman–Crippen MR) is 120 cm³/mol. The number of ether oxygens (including phenoxy) is 2. The highest BCUT2D eigenvalue weighted by Crippen LogP contribution is 2.30. The van der Waals surface area contributed by atoms with Crippen molar-refractivity contribution in [2.24, 2.45) is 0 Å². The normalized spacial score (nSPS) is 10.9. The van der Waals surface area contributed by atoms with Gasteiger partial charge in [-0.1, -0.05) is 54.6 Å². The molecule has 3 rings (SSSR count). The molecule has 0 spiro atoms. The largest absolute Gasteiger partial charge is 0.494 e. The Bertz CT molecular complexity index is 779. The van der Waals surface area contributed by atoms with Gasteiger partial charge in [-0.15, -0.1) is 0 Å². The van der Waals surface area contributed by atoms with Crippen LogP contribution in [0.25, 0.3) is 0 Å². The van der Waals surface area contributed by atoms with Crippen LogP contribution in [0.3, 0.4) is 0 Å². The first-order chi connectivity index (χ1) is 14.3. The van der Waals surface area contributed by atoms with Crippen molar-refractivity contribution < 1.29 is 9.47 Å². The summed E-state index contributed by atoms with van der Waals surface area (Å²) in [6.07, 6.45) is 1.02. The van der Waals surface area contributed by atoms with Gasteiger partial charge < -0.3 is 14.8 Å². The molecule has 0 aliphatic rings. The van der Waals surface area contributed by atoms with E-state index in [1.807, 2.05) is 13.8 Å². The molecule has 0 saturated heterocycles. The molecule has 0 unspecified atom stereocenters. The highest BCUT2D eigenvalue weighted by Gasteiger charge is 2.14. The Labute approximate surface area is 174 Å². The molecule has 0 aromatic heterocycles. The lowest BCUT2D eigenvalue weighted by Gasteiger charge is -2.19. The first kappa shape index (κ1) is 20.9. The molecule has 1 N–H and O–H groups in total. The van der Waals surface area contributed by atoms with Crippen LogP contribution in [0.4, 0.5) is 0 Å². The minimum atomic E-state index is 0.324. The van der Waals surface area contributed by atoms with Gasteiger partial charge in [0.15, 0.2) is 0 Å². The number of rotatable bonds is 11. The van der Waals surface area contributed by atoms with Crippen LogP contribution in [0.5, 0.6) is 11.5 Å². The van der Waals surface area contributed by atoms with Crippen LogP contribution in [0, 0.1) is 0 Å². The fourth-order valence-electron chi connectivity index (χ4n) is 3.53. The summed E-state index contributed by atoms with van der Waals surface area (Å²) in [5.41, 5.74) is 3.92. The molecule has 0 radical (unpaired) electrons. The molecule has 0 aliphatic heterocycles. The summed E-state index contributed by atoms with van der Waals surface area (Å²) in [5, 5.41) is 3.59. The molecule has 3 aromatic rings. The van der Waals surface area contributed by atoms with Gasteiger partial charge >= 0.3 is 0 Å². The van der Waals surface area contributed by atoms with Crippen molar-refractivity contribution in [1.29, 1.82) is 0 Å². The molecule has 0 bridgehead atoms. The summed E-state index contributed by atoms with van der Waals surface area (Å²) >= 11 is 0. The second-order valence-electron chi connectivity index (χ2n) is 7.01. The van der Waals surface area contributed by atoms with Crippen molar-refractivity contribution >= 4 is 0 Å². The Kier molecular flexibility index (Phi) is 8.14. The fourth-order valence-corrected chi connectivity index (χ4v) is 3.53. The molecule has 3 aromatic carbocycles. The van der Waals surface area contributed by atoms with E-state index in [0.717, 1.165) is 31.0 Å². The minimum absolute atomic E-state index is 0.324. The van der Waals surface area contributed by atoms with Crippen molar-refractivity contribution in [2.45, 2.75) is 32.7 Å². The first-order valence-corrected chi connectivity index (χ1v) is 10.5. The Balaban J connectivity index is 1.70. The van der Waals surface area contributed by atoms with Gasteiger partial charge in [0.05, 0.1) is 13.2 Å². The fraction of sp³-hybridized carbons (Fsp3) is 0.308. The number of benzene rings is 3. The number of hydrogen-bond donors (Lipinski definition) is 1. The summed E-state index contributed by atoms with van der Waals surface area (Å²) in [7, 11) is 0. The van der Waals surface area contributed by atoms with Crippen LogP contribution in [0.1, 0.15) is 42.9 Å². The standard InChI is InChI=1S/C26H31NO2/c1-3-28-24-14-10-22(11-15-24)26(23-12-16-25(17-13-23)29-4-2)18-19-27-20-21-8-6-5-7-9-21/h5-17,26-27H,3-4,18-20H2,1-2H3. The minimum Gasteiger partial charge on any atom is -0.494 e. The van der Waals surface area contributed by atoms with Gasteiger partial charge in [-0.2, -0.15) is 0 Å². The molecule has 0 atom stereocenters. The average molecular weight is 390 g/mol. The van der Waals surface area contributed by atoms with Gasteiger partial charge in [-0.3, -0.25) is 0 Å². The smallest absolute Gasteiger partial charge is 0.119 e. The topological polar surface area (TPSA) is 30.5 Å². The zero-order chi connectivity index (χ0) is 20.3. The van der Waals surface area contributed by atoms with Crippen molar-refractivity contribution in [3.05, 3.63) is 95.6 Å². The van der Waals surface area contributed by atoms with Gasteiger partial charge in [0.1, 0.15) is 11.5 Å². The van der Waals surface area contributed by atoms with E-state index < -0.39 is 0 Å². The maximum absolute atomic E-state index is 5.61. The van der Waals surface area contributed by atoms with Crippen molar-refractivity contribution in [2.75, 3.05) is 19.8 Å².